The molecule has 0 unspecified atom stereocenters. The number of rotatable bonds is 4. The van der Waals surface area contributed by atoms with E-state index in [1.807, 2.05) is 13.8 Å². The van der Waals surface area contributed by atoms with Crippen LogP contribution in [0.15, 0.2) is 52.5 Å². The Hall–Kier alpha value is -2.25. The Kier molecular flexibility index (Phi) is 5.12. The van der Waals surface area contributed by atoms with Crippen LogP contribution >= 0.6 is 11.6 Å². The molecule has 23 heavy (non-hydrogen) atoms. The number of amidine groups is 1. The van der Waals surface area contributed by atoms with Crippen molar-refractivity contribution in [2.45, 2.75) is 18.7 Å². The van der Waals surface area contributed by atoms with Gasteiger partial charge in [0.05, 0.1) is 0 Å². The number of hydrogen-bond acceptors (Lipinski definition) is 5. The molecule has 6 nitrogen and oxygen atoms in total. The minimum absolute atomic E-state index is 0.0327. The van der Waals surface area contributed by atoms with Crippen LogP contribution in [-0.4, -0.2) is 14.4 Å². The van der Waals surface area contributed by atoms with Crippen molar-refractivity contribution in [1.82, 2.24) is 0 Å². The number of hydrogen-bond donors (Lipinski definition) is 1. The first-order chi connectivity index (χ1) is 10.8. The highest BCUT2D eigenvalue weighted by molar-refractivity contribution is 7.86. The van der Waals surface area contributed by atoms with E-state index in [-0.39, 0.29) is 4.90 Å². The van der Waals surface area contributed by atoms with Gasteiger partial charge in [-0.2, -0.15) is 8.42 Å². The molecular weight excluding hydrogens is 340 g/mol. The minimum Gasteiger partial charge on any atom is -0.424 e. The van der Waals surface area contributed by atoms with Gasteiger partial charge in [0, 0.05) is 5.02 Å². The van der Waals surface area contributed by atoms with Gasteiger partial charge in [0.25, 0.3) is 0 Å². The van der Waals surface area contributed by atoms with Gasteiger partial charge in [-0.3, -0.25) is 4.28 Å². The van der Waals surface area contributed by atoms with E-state index in [2.05, 4.69) is 9.44 Å². The summed E-state index contributed by atoms with van der Waals surface area (Å²) in [6, 6.07) is 10.5. The second-order valence-electron chi connectivity index (χ2n) is 4.74. The highest BCUT2D eigenvalue weighted by atomic mass is 35.5. The number of aryl methyl sites for hydroxylation is 2. The Morgan fingerprint density at radius 1 is 1.13 bits per heavy atom. The molecule has 0 radical (unpaired) electrons. The monoisotopic (exact) mass is 354 g/mol. The Labute approximate surface area is 139 Å². The molecule has 2 aromatic carbocycles. The molecule has 0 aliphatic heterocycles. The zero-order valence-corrected chi connectivity index (χ0v) is 14.1. The van der Waals surface area contributed by atoms with Gasteiger partial charge in [-0.05, 0) is 54.4 Å². The first kappa shape index (κ1) is 17.1. The molecule has 0 atom stereocenters. The van der Waals surface area contributed by atoms with Gasteiger partial charge in [-0.15, -0.1) is 0 Å². The molecule has 0 bridgehead atoms. The van der Waals surface area contributed by atoms with Crippen LogP contribution in [0.1, 0.15) is 11.1 Å². The zero-order valence-electron chi connectivity index (χ0n) is 12.5. The largest absolute Gasteiger partial charge is 0.424 e. The summed E-state index contributed by atoms with van der Waals surface area (Å²) in [6.45, 7) is 3.62. The zero-order chi connectivity index (χ0) is 17.0. The van der Waals surface area contributed by atoms with E-state index in [0.29, 0.717) is 10.8 Å². The molecule has 2 aromatic rings. The summed E-state index contributed by atoms with van der Waals surface area (Å²) >= 11 is 6.05. The van der Waals surface area contributed by atoms with Gasteiger partial charge in [0.2, 0.25) is 0 Å². The van der Waals surface area contributed by atoms with Crippen molar-refractivity contribution in [1.29, 1.82) is 0 Å². The average Bonchev–Trinajstić information content (AvgIpc) is 2.51. The molecule has 0 saturated carbocycles. The third-order valence-corrected chi connectivity index (χ3v) is 4.61. The van der Waals surface area contributed by atoms with Crippen molar-refractivity contribution in [3.8, 4) is 5.75 Å². The second-order valence-corrected chi connectivity index (χ2v) is 6.65. The maximum Gasteiger partial charge on any atom is 0.358 e. The molecule has 0 fully saturated rings. The predicted molar refractivity (Wildman–Crippen MR) is 87.9 cm³/mol. The molecule has 2 rings (SSSR count). The van der Waals surface area contributed by atoms with Crippen LogP contribution in [-0.2, 0) is 14.4 Å². The lowest BCUT2D eigenvalue weighted by Gasteiger charge is -2.08. The van der Waals surface area contributed by atoms with E-state index in [9.17, 15) is 8.42 Å². The van der Waals surface area contributed by atoms with E-state index in [4.69, 9.17) is 22.1 Å². The van der Waals surface area contributed by atoms with Crippen molar-refractivity contribution < 1.29 is 17.4 Å². The van der Waals surface area contributed by atoms with E-state index in [0.717, 1.165) is 11.1 Å². The fourth-order valence-electron chi connectivity index (χ4n) is 1.82. The molecule has 0 saturated heterocycles. The van der Waals surface area contributed by atoms with E-state index in [1.54, 1.807) is 30.3 Å². The van der Waals surface area contributed by atoms with Crippen molar-refractivity contribution in [2.24, 2.45) is 10.9 Å². The number of nitrogens with zero attached hydrogens (tertiary/aromatic N) is 1. The summed E-state index contributed by atoms with van der Waals surface area (Å²) in [5, 5.41) is 3.92. The Morgan fingerprint density at radius 2 is 1.70 bits per heavy atom. The predicted octanol–water partition coefficient (Wildman–Crippen LogP) is 2.97. The minimum atomic E-state index is -4.04. The standard InChI is InChI=1S/C15H15ClN2O4S/c1-10-8-12(9-11(2)14(10)16)21-15(17)18-22-23(19,20)13-6-4-3-5-7-13/h3-9H,1-2H3,(H2,17,18). The summed E-state index contributed by atoms with van der Waals surface area (Å²) in [5.74, 6) is 0.381. The molecule has 8 heteroatoms. The molecule has 122 valence electrons. The average molecular weight is 355 g/mol. The SMILES string of the molecule is Cc1cc(O/C(N)=N\OS(=O)(=O)c2ccccc2)cc(C)c1Cl. The number of oxime groups is 1. The third-order valence-electron chi connectivity index (χ3n) is 2.89. The Morgan fingerprint density at radius 3 is 2.26 bits per heavy atom. The maximum atomic E-state index is 11.9. The fourth-order valence-corrected chi connectivity index (χ4v) is 2.68. The summed E-state index contributed by atoms with van der Waals surface area (Å²) < 4.78 is 33.5. The first-order valence-electron chi connectivity index (χ1n) is 6.56. The van der Waals surface area contributed by atoms with Crippen LogP contribution in [0.3, 0.4) is 0 Å². The van der Waals surface area contributed by atoms with Crippen LogP contribution in [0.4, 0.5) is 0 Å². The molecule has 0 aromatic heterocycles. The van der Waals surface area contributed by atoms with Gasteiger partial charge in [0.1, 0.15) is 10.6 Å². The molecule has 0 amide bonds. The van der Waals surface area contributed by atoms with Crippen LogP contribution < -0.4 is 10.5 Å². The third kappa shape index (κ3) is 4.37. The molecule has 0 spiro atoms. The summed E-state index contributed by atoms with van der Waals surface area (Å²) in [4.78, 5) is -0.0327. The second kappa shape index (κ2) is 6.89. The van der Waals surface area contributed by atoms with Crippen LogP contribution in [0.2, 0.25) is 5.02 Å². The smallest absolute Gasteiger partial charge is 0.358 e. The lowest BCUT2D eigenvalue weighted by molar-refractivity contribution is 0.323. The fraction of sp³-hybridized carbons (Fsp3) is 0.133. The van der Waals surface area contributed by atoms with Crippen molar-refractivity contribution in [3.63, 3.8) is 0 Å². The normalized spacial score (nSPS) is 12.0. The van der Waals surface area contributed by atoms with E-state index < -0.39 is 16.1 Å². The molecular formula is C15H15ClN2O4S. The quantitative estimate of drug-likeness (QED) is 0.517. The van der Waals surface area contributed by atoms with Gasteiger partial charge >= 0.3 is 16.1 Å². The lowest BCUT2D eigenvalue weighted by atomic mass is 10.1. The highest BCUT2D eigenvalue weighted by Crippen LogP contribution is 2.25. The van der Waals surface area contributed by atoms with Crippen molar-refractivity contribution >= 4 is 27.7 Å². The van der Waals surface area contributed by atoms with E-state index >= 15 is 0 Å². The number of halogens is 1. The van der Waals surface area contributed by atoms with Crippen molar-refractivity contribution in [2.75, 3.05) is 0 Å². The molecule has 0 aliphatic carbocycles. The van der Waals surface area contributed by atoms with E-state index in [1.165, 1.54) is 12.1 Å². The molecule has 0 aliphatic rings. The summed E-state index contributed by atoms with van der Waals surface area (Å²) in [5.41, 5.74) is 7.13. The van der Waals surface area contributed by atoms with Crippen LogP contribution in [0, 0.1) is 13.8 Å². The molecule has 2 N–H and O–H groups in total. The van der Waals surface area contributed by atoms with Crippen LogP contribution in [0.5, 0.6) is 5.75 Å². The van der Waals surface area contributed by atoms with Gasteiger partial charge < -0.3 is 10.5 Å². The number of nitrogens with two attached hydrogens (primary N) is 1. The highest BCUT2D eigenvalue weighted by Gasteiger charge is 2.15. The number of benzene rings is 2. The lowest BCUT2D eigenvalue weighted by Crippen LogP contribution is -2.21. The topological polar surface area (TPSA) is 91.0 Å². The summed E-state index contributed by atoms with van der Waals surface area (Å²) in [6.07, 6.45) is 0. The van der Waals surface area contributed by atoms with Gasteiger partial charge in [-0.1, -0.05) is 29.8 Å². The van der Waals surface area contributed by atoms with Gasteiger partial charge in [-0.25, -0.2) is 0 Å². The molecule has 0 heterocycles. The Balaban J connectivity index is 2.12. The maximum absolute atomic E-state index is 11.9. The number of ether oxygens (including phenoxy) is 1. The summed E-state index contributed by atoms with van der Waals surface area (Å²) in [7, 11) is -4.04. The first-order valence-corrected chi connectivity index (χ1v) is 8.35. The Bertz CT molecular complexity index is 813. The van der Waals surface area contributed by atoms with Crippen molar-refractivity contribution in [3.05, 3.63) is 58.6 Å². The van der Waals surface area contributed by atoms with Crippen LogP contribution in [0.25, 0.3) is 0 Å². The van der Waals surface area contributed by atoms with Gasteiger partial charge in [0.15, 0.2) is 0 Å².